The Kier molecular flexibility index (Phi) is 12.0. The van der Waals surface area contributed by atoms with Gasteiger partial charge in [-0.15, -0.1) is 0 Å². The monoisotopic (exact) mass is 512 g/mol. The van der Waals surface area contributed by atoms with Gasteiger partial charge in [0, 0.05) is 12.2 Å². The van der Waals surface area contributed by atoms with E-state index in [2.05, 4.69) is 28.6 Å². The van der Waals surface area contributed by atoms with E-state index in [1.54, 1.807) is 6.92 Å². The fourth-order valence-corrected chi connectivity index (χ4v) is 3.22. The number of phenolic OH excluding ortho intramolecular Hbond substituents is 1. The molecule has 5 unspecified atom stereocenters. The Balaban J connectivity index is 3.14. The van der Waals surface area contributed by atoms with E-state index < -0.39 is 60.2 Å². The summed E-state index contributed by atoms with van der Waals surface area (Å²) < 4.78 is 0. The van der Waals surface area contributed by atoms with E-state index >= 15 is 0 Å². The molecule has 1 aromatic carbocycles. The lowest BCUT2D eigenvalue weighted by Crippen LogP contribution is -2.58. The van der Waals surface area contributed by atoms with E-state index in [1.165, 1.54) is 24.3 Å². The number of benzene rings is 1. The molecule has 0 aliphatic rings. The Bertz CT molecular complexity index is 911. The summed E-state index contributed by atoms with van der Waals surface area (Å²) in [6.45, 7) is 3.62. The van der Waals surface area contributed by atoms with E-state index in [1.807, 2.05) is 6.92 Å². The van der Waals surface area contributed by atoms with Gasteiger partial charge in [0.1, 0.15) is 23.9 Å². The first kappa shape index (κ1) is 29.7. The van der Waals surface area contributed by atoms with Crippen LogP contribution in [0.5, 0.6) is 5.75 Å². The molecule has 1 aromatic rings. The van der Waals surface area contributed by atoms with Crippen LogP contribution in [-0.2, 0) is 30.4 Å². The molecule has 0 radical (unpaired) electrons. The number of hydrogen-bond donors (Lipinski definition) is 8. The number of rotatable bonds is 14. The smallest absolute Gasteiger partial charge is 0.327 e. The van der Waals surface area contributed by atoms with Gasteiger partial charge in [-0.3, -0.25) is 19.2 Å². The first-order chi connectivity index (χ1) is 16.4. The standard InChI is InChI=1S/C22H32N4O8S/c1-3-11(2)18(23)21(32)25-14(8-12-4-6-13(27)7-5-12)19(30)24-15(9-17(28)29)20(31)26-16(10-35)22(33)34/h4-7,11,14-16,18,27,35H,3,8-10,23H2,1-2H3,(H,24,30)(H,25,32)(H,26,31)(H,28,29)(H,33,34). The fourth-order valence-electron chi connectivity index (χ4n) is 2.97. The maximum Gasteiger partial charge on any atom is 0.327 e. The summed E-state index contributed by atoms with van der Waals surface area (Å²) in [5.74, 6) is -5.78. The van der Waals surface area contributed by atoms with Gasteiger partial charge >= 0.3 is 11.9 Å². The van der Waals surface area contributed by atoms with Crippen LogP contribution < -0.4 is 21.7 Å². The van der Waals surface area contributed by atoms with E-state index in [9.17, 15) is 34.2 Å². The van der Waals surface area contributed by atoms with Crippen LogP contribution in [0.25, 0.3) is 0 Å². The predicted molar refractivity (Wildman–Crippen MR) is 129 cm³/mol. The maximum atomic E-state index is 13.1. The third-order valence-electron chi connectivity index (χ3n) is 5.38. The zero-order chi connectivity index (χ0) is 26.7. The lowest BCUT2D eigenvalue weighted by Gasteiger charge is -2.25. The van der Waals surface area contributed by atoms with Gasteiger partial charge in [-0.05, 0) is 23.6 Å². The summed E-state index contributed by atoms with van der Waals surface area (Å²) in [6.07, 6.45) is -0.274. The molecule has 13 heteroatoms. The molecule has 0 aliphatic heterocycles. The largest absolute Gasteiger partial charge is 0.508 e. The second kappa shape index (κ2) is 14.2. The molecule has 0 bridgehead atoms. The summed E-state index contributed by atoms with van der Waals surface area (Å²) >= 11 is 3.84. The lowest BCUT2D eigenvalue weighted by atomic mass is 9.98. The number of carboxylic acids is 2. The molecule has 194 valence electrons. The van der Waals surface area contributed by atoms with Gasteiger partial charge in [-0.1, -0.05) is 32.4 Å². The molecule has 0 spiro atoms. The van der Waals surface area contributed by atoms with Gasteiger partial charge in [0.25, 0.3) is 0 Å². The molecule has 12 nitrogen and oxygen atoms in total. The Morgan fingerprint density at radius 1 is 0.914 bits per heavy atom. The minimum Gasteiger partial charge on any atom is -0.508 e. The molecule has 5 atom stereocenters. The van der Waals surface area contributed by atoms with Crippen LogP contribution in [0.15, 0.2) is 24.3 Å². The number of nitrogens with two attached hydrogens (primary N) is 1. The highest BCUT2D eigenvalue weighted by molar-refractivity contribution is 7.80. The molecule has 1 rings (SSSR count). The van der Waals surface area contributed by atoms with Crippen molar-refractivity contribution < 1.29 is 39.3 Å². The van der Waals surface area contributed by atoms with Gasteiger partial charge in [0.2, 0.25) is 17.7 Å². The van der Waals surface area contributed by atoms with Gasteiger partial charge in [-0.2, -0.15) is 12.6 Å². The Labute approximate surface area is 208 Å². The number of carbonyl (C=O) groups excluding carboxylic acids is 3. The van der Waals surface area contributed by atoms with E-state index in [0.29, 0.717) is 12.0 Å². The first-order valence-electron chi connectivity index (χ1n) is 10.9. The summed E-state index contributed by atoms with van der Waals surface area (Å²) in [6, 6.07) is 0.655. The van der Waals surface area contributed by atoms with E-state index in [4.69, 9.17) is 10.8 Å². The molecule has 0 aromatic heterocycles. The zero-order valence-electron chi connectivity index (χ0n) is 19.4. The van der Waals surface area contributed by atoms with Gasteiger partial charge in [0.15, 0.2) is 0 Å². The third kappa shape index (κ3) is 9.83. The van der Waals surface area contributed by atoms with Crippen LogP contribution in [0.2, 0.25) is 0 Å². The number of aromatic hydroxyl groups is 1. The highest BCUT2D eigenvalue weighted by atomic mass is 32.1. The van der Waals surface area contributed by atoms with Crippen LogP contribution in [0.3, 0.4) is 0 Å². The van der Waals surface area contributed by atoms with Crippen molar-refractivity contribution in [2.24, 2.45) is 11.7 Å². The number of phenols is 1. The number of hydrogen-bond acceptors (Lipinski definition) is 8. The number of thiol groups is 1. The highest BCUT2D eigenvalue weighted by Crippen LogP contribution is 2.13. The normalized spacial score (nSPS) is 15.1. The van der Waals surface area contributed by atoms with Crippen molar-refractivity contribution >= 4 is 42.3 Å². The molecule has 8 N–H and O–H groups in total. The zero-order valence-corrected chi connectivity index (χ0v) is 20.3. The number of carbonyl (C=O) groups is 5. The molecular weight excluding hydrogens is 480 g/mol. The number of nitrogens with one attached hydrogen (secondary N) is 3. The van der Waals surface area contributed by atoms with Crippen molar-refractivity contribution in [3.63, 3.8) is 0 Å². The third-order valence-corrected chi connectivity index (χ3v) is 5.74. The van der Waals surface area contributed by atoms with Crippen LogP contribution in [0.4, 0.5) is 0 Å². The van der Waals surface area contributed by atoms with E-state index in [-0.39, 0.29) is 23.8 Å². The van der Waals surface area contributed by atoms with Crippen molar-refractivity contribution in [3.8, 4) is 5.75 Å². The second-order valence-electron chi connectivity index (χ2n) is 8.08. The number of amides is 3. The average molecular weight is 513 g/mol. The van der Waals surface area contributed by atoms with Crippen LogP contribution in [0, 0.1) is 5.92 Å². The molecule has 0 aliphatic carbocycles. The Morgan fingerprint density at radius 2 is 1.43 bits per heavy atom. The maximum absolute atomic E-state index is 13.1. The Hall–Kier alpha value is -3.32. The molecule has 35 heavy (non-hydrogen) atoms. The van der Waals surface area contributed by atoms with Crippen molar-refractivity contribution in [1.29, 1.82) is 0 Å². The fraction of sp³-hybridized carbons (Fsp3) is 0.500. The second-order valence-corrected chi connectivity index (χ2v) is 8.45. The summed E-state index contributed by atoms with van der Waals surface area (Å²) in [4.78, 5) is 60.7. The summed E-state index contributed by atoms with van der Waals surface area (Å²) in [7, 11) is 0. The van der Waals surface area contributed by atoms with Crippen molar-refractivity contribution in [1.82, 2.24) is 16.0 Å². The molecule has 0 saturated heterocycles. The number of aliphatic carboxylic acids is 2. The molecular formula is C22H32N4O8S. The SMILES string of the molecule is CCC(C)C(N)C(=O)NC(Cc1ccc(O)cc1)C(=O)NC(CC(=O)O)C(=O)NC(CS)C(=O)O. The van der Waals surface area contributed by atoms with Crippen LogP contribution in [-0.4, -0.2) is 74.9 Å². The number of carboxylic acid groups (broad SMARTS) is 2. The topological polar surface area (TPSA) is 208 Å². The predicted octanol–water partition coefficient (Wildman–Crippen LogP) is -0.748. The minimum atomic E-state index is -1.62. The summed E-state index contributed by atoms with van der Waals surface area (Å²) in [5, 5.41) is 34.7. The quantitative estimate of drug-likeness (QED) is 0.147. The van der Waals surface area contributed by atoms with Crippen LogP contribution in [0.1, 0.15) is 32.3 Å². The van der Waals surface area contributed by atoms with E-state index in [0.717, 1.165) is 0 Å². The van der Waals surface area contributed by atoms with Gasteiger partial charge in [-0.25, -0.2) is 4.79 Å². The van der Waals surface area contributed by atoms with Crippen molar-refractivity contribution in [2.45, 2.75) is 57.3 Å². The highest BCUT2D eigenvalue weighted by Gasteiger charge is 2.32. The molecule has 0 fully saturated rings. The average Bonchev–Trinajstić information content (AvgIpc) is 2.80. The van der Waals surface area contributed by atoms with Crippen molar-refractivity contribution in [3.05, 3.63) is 29.8 Å². The van der Waals surface area contributed by atoms with Gasteiger partial charge < -0.3 is 37.0 Å². The van der Waals surface area contributed by atoms with Gasteiger partial charge in [0.05, 0.1) is 12.5 Å². The van der Waals surface area contributed by atoms with Crippen molar-refractivity contribution in [2.75, 3.05) is 5.75 Å². The summed E-state index contributed by atoms with van der Waals surface area (Å²) in [5.41, 5.74) is 6.52. The molecule has 0 heterocycles. The first-order valence-corrected chi connectivity index (χ1v) is 11.5. The lowest BCUT2D eigenvalue weighted by molar-refractivity contribution is -0.143. The van der Waals surface area contributed by atoms with Crippen LogP contribution >= 0.6 is 12.6 Å². The Morgan fingerprint density at radius 3 is 1.91 bits per heavy atom. The minimum absolute atomic E-state index is 0.00653. The molecule has 3 amide bonds. The molecule has 0 saturated carbocycles.